The number of amides is 1. The van der Waals surface area contributed by atoms with Crippen molar-refractivity contribution in [3.63, 3.8) is 0 Å². The van der Waals surface area contributed by atoms with E-state index in [1.807, 2.05) is 0 Å². The highest BCUT2D eigenvalue weighted by molar-refractivity contribution is 6.31. The lowest BCUT2D eigenvalue weighted by Gasteiger charge is -2.05. The lowest BCUT2D eigenvalue weighted by atomic mass is 10.2. The van der Waals surface area contributed by atoms with Crippen LogP contribution in [0, 0.1) is 0 Å². The van der Waals surface area contributed by atoms with Crippen molar-refractivity contribution in [3.8, 4) is 17.2 Å². The lowest BCUT2D eigenvalue weighted by Crippen LogP contribution is -2.12. The minimum absolute atomic E-state index is 0.00765. The number of benzene rings is 2. The highest BCUT2D eigenvalue weighted by Gasteiger charge is 2.15. The SMILES string of the molecule is COc1ccc(OCc2nnc(NC(=O)c3cc(Cl)ccc3O)o2)cc1. The molecule has 2 N–H and O–H groups in total. The van der Waals surface area contributed by atoms with Crippen LogP contribution in [0.1, 0.15) is 16.2 Å². The number of aromatic nitrogens is 2. The van der Waals surface area contributed by atoms with Crippen molar-refractivity contribution < 1.29 is 23.8 Å². The number of carbonyl (C=O) groups is 1. The molecule has 0 saturated heterocycles. The molecule has 0 aliphatic rings. The van der Waals surface area contributed by atoms with Crippen LogP contribution in [0.15, 0.2) is 46.9 Å². The third-order valence-electron chi connectivity index (χ3n) is 3.31. The highest BCUT2D eigenvalue weighted by Crippen LogP contribution is 2.23. The third kappa shape index (κ3) is 4.22. The van der Waals surface area contributed by atoms with Gasteiger partial charge >= 0.3 is 6.01 Å². The first kappa shape index (κ1) is 17.6. The summed E-state index contributed by atoms with van der Waals surface area (Å²) in [7, 11) is 1.58. The summed E-state index contributed by atoms with van der Waals surface area (Å²) in [5.41, 5.74) is -0.00765. The monoisotopic (exact) mass is 375 g/mol. The minimum atomic E-state index is -0.628. The standard InChI is InChI=1S/C17H14ClN3O5/c1-24-11-3-5-12(6-4-11)25-9-15-20-21-17(26-15)19-16(23)13-8-10(18)2-7-14(13)22/h2-8,22H,9H2,1H3,(H,19,21,23). The van der Waals surface area contributed by atoms with E-state index in [0.29, 0.717) is 16.5 Å². The molecular weight excluding hydrogens is 362 g/mol. The van der Waals surface area contributed by atoms with Gasteiger partial charge in [0.1, 0.15) is 17.2 Å². The maximum absolute atomic E-state index is 12.1. The van der Waals surface area contributed by atoms with Crippen molar-refractivity contribution in [1.29, 1.82) is 0 Å². The zero-order valence-corrected chi connectivity index (χ0v) is 14.4. The number of carbonyl (C=O) groups excluding carboxylic acids is 1. The second kappa shape index (κ2) is 7.75. The lowest BCUT2D eigenvalue weighted by molar-refractivity contribution is 0.102. The second-order valence-electron chi connectivity index (χ2n) is 5.08. The van der Waals surface area contributed by atoms with Crippen molar-refractivity contribution in [2.75, 3.05) is 12.4 Å². The number of phenols is 1. The molecule has 2 aromatic carbocycles. The number of nitrogens with one attached hydrogen (secondary N) is 1. The van der Waals surface area contributed by atoms with E-state index < -0.39 is 5.91 Å². The Hall–Kier alpha value is -3.26. The molecule has 3 aromatic rings. The summed E-state index contributed by atoms with van der Waals surface area (Å²) in [6, 6.07) is 11.0. The van der Waals surface area contributed by atoms with Gasteiger partial charge in [-0.2, -0.15) is 0 Å². The molecule has 1 amide bonds. The van der Waals surface area contributed by atoms with E-state index in [-0.39, 0.29) is 29.8 Å². The Morgan fingerprint density at radius 1 is 1.19 bits per heavy atom. The van der Waals surface area contributed by atoms with E-state index in [1.54, 1.807) is 31.4 Å². The Kier molecular flexibility index (Phi) is 5.23. The molecule has 0 unspecified atom stereocenters. The summed E-state index contributed by atoms with van der Waals surface area (Å²) in [5.74, 6) is 0.639. The predicted molar refractivity (Wildman–Crippen MR) is 92.7 cm³/mol. The average molecular weight is 376 g/mol. The minimum Gasteiger partial charge on any atom is -0.507 e. The average Bonchev–Trinajstić information content (AvgIpc) is 3.09. The van der Waals surface area contributed by atoms with Crippen LogP contribution in [0.3, 0.4) is 0 Å². The summed E-state index contributed by atoms with van der Waals surface area (Å²) in [5, 5.41) is 19.9. The van der Waals surface area contributed by atoms with Crippen molar-refractivity contribution in [1.82, 2.24) is 10.2 Å². The Bertz CT molecular complexity index is 911. The van der Waals surface area contributed by atoms with Gasteiger partial charge in [0.05, 0.1) is 12.7 Å². The van der Waals surface area contributed by atoms with Crippen LogP contribution < -0.4 is 14.8 Å². The van der Waals surface area contributed by atoms with E-state index in [1.165, 1.54) is 18.2 Å². The Balaban J connectivity index is 1.60. The fraction of sp³-hybridized carbons (Fsp3) is 0.118. The molecule has 0 aliphatic carbocycles. The van der Waals surface area contributed by atoms with Crippen LogP contribution in [0.25, 0.3) is 0 Å². The molecule has 0 atom stereocenters. The van der Waals surface area contributed by atoms with Crippen LogP contribution in [-0.2, 0) is 6.61 Å². The molecule has 0 aliphatic heterocycles. The second-order valence-corrected chi connectivity index (χ2v) is 5.52. The third-order valence-corrected chi connectivity index (χ3v) is 3.55. The summed E-state index contributed by atoms with van der Waals surface area (Å²) in [4.78, 5) is 12.1. The number of rotatable bonds is 6. The fourth-order valence-electron chi connectivity index (χ4n) is 2.03. The van der Waals surface area contributed by atoms with Crippen LogP contribution in [-0.4, -0.2) is 28.3 Å². The fourth-order valence-corrected chi connectivity index (χ4v) is 2.21. The first-order chi connectivity index (χ1) is 12.5. The van der Waals surface area contributed by atoms with Gasteiger partial charge in [-0.3, -0.25) is 10.1 Å². The van der Waals surface area contributed by atoms with Gasteiger partial charge in [-0.25, -0.2) is 0 Å². The van der Waals surface area contributed by atoms with E-state index in [9.17, 15) is 9.90 Å². The first-order valence-electron chi connectivity index (χ1n) is 7.44. The van der Waals surface area contributed by atoms with Crippen LogP contribution >= 0.6 is 11.6 Å². The topological polar surface area (TPSA) is 107 Å². The molecule has 26 heavy (non-hydrogen) atoms. The molecule has 0 radical (unpaired) electrons. The van der Waals surface area contributed by atoms with Crippen LogP contribution in [0.4, 0.5) is 6.01 Å². The Morgan fingerprint density at radius 3 is 2.65 bits per heavy atom. The maximum atomic E-state index is 12.1. The van der Waals surface area contributed by atoms with Crippen LogP contribution in [0.5, 0.6) is 17.2 Å². The number of methoxy groups -OCH3 is 1. The number of ether oxygens (including phenoxy) is 2. The number of halogens is 1. The molecule has 1 aromatic heterocycles. The van der Waals surface area contributed by atoms with Gasteiger partial charge in [0.2, 0.25) is 0 Å². The van der Waals surface area contributed by atoms with Crippen molar-refractivity contribution in [2.24, 2.45) is 0 Å². The summed E-state index contributed by atoms with van der Waals surface area (Å²) in [6.45, 7) is 0.0254. The predicted octanol–water partition coefficient (Wildman–Crippen LogP) is 3.27. The maximum Gasteiger partial charge on any atom is 0.322 e. The highest BCUT2D eigenvalue weighted by atomic mass is 35.5. The summed E-state index contributed by atoms with van der Waals surface area (Å²) < 4.78 is 15.9. The van der Waals surface area contributed by atoms with Crippen LogP contribution in [0.2, 0.25) is 5.02 Å². The number of aromatic hydroxyl groups is 1. The van der Waals surface area contributed by atoms with E-state index in [4.69, 9.17) is 25.5 Å². The molecule has 3 rings (SSSR count). The number of nitrogens with zero attached hydrogens (tertiary/aromatic N) is 2. The van der Waals surface area contributed by atoms with E-state index in [0.717, 1.165) is 0 Å². The number of hydrogen-bond acceptors (Lipinski definition) is 7. The molecule has 0 fully saturated rings. The molecule has 134 valence electrons. The van der Waals surface area contributed by atoms with Crippen molar-refractivity contribution in [3.05, 3.63) is 58.9 Å². The summed E-state index contributed by atoms with van der Waals surface area (Å²) in [6.07, 6.45) is 0. The Morgan fingerprint density at radius 2 is 1.92 bits per heavy atom. The molecule has 1 heterocycles. The van der Waals surface area contributed by atoms with Crippen molar-refractivity contribution in [2.45, 2.75) is 6.61 Å². The van der Waals surface area contributed by atoms with E-state index >= 15 is 0 Å². The normalized spacial score (nSPS) is 10.4. The number of anilines is 1. The zero-order chi connectivity index (χ0) is 18.5. The van der Waals surface area contributed by atoms with Gasteiger partial charge < -0.3 is 19.0 Å². The molecule has 0 saturated carbocycles. The van der Waals surface area contributed by atoms with Gasteiger partial charge in [-0.15, -0.1) is 5.10 Å². The van der Waals surface area contributed by atoms with Gasteiger partial charge in [-0.05, 0) is 42.5 Å². The quantitative estimate of drug-likeness (QED) is 0.680. The van der Waals surface area contributed by atoms with Gasteiger partial charge in [0.25, 0.3) is 11.8 Å². The number of hydrogen-bond donors (Lipinski definition) is 2. The summed E-state index contributed by atoms with van der Waals surface area (Å²) >= 11 is 5.82. The molecule has 9 heteroatoms. The van der Waals surface area contributed by atoms with Gasteiger partial charge in [-0.1, -0.05) is 16.7 Å². The Labute approximate surface area is 153 Å². The first-order valence-corrected chi connectivity index (χ1v) is 7.82. The van der Waals surface area contributed by atoms with Crippen molar-refractivity contribution >= 4 is 23.5 Å². The molecule has 0 spiro atoms. The van der Waals surface area contributed by atoms with E-state index in [2.05, 4.69) is 15.5 Å². The molecule has 0 bridgehead atoms. The largest absolute Gasteiger partial charge is 0.507 e. The van der Waals surface area contributed by atoms with Gasteiger partial charge in [0.15, 0.2) is 6.61 Å². The smallest absolute Gasteiger partial charge is 0.322 e. The molecular formula is C17H14ClN3O5. The zero-order valence-electron chi connectivity index (χ0n) is 13.6. The number of phenolic OH excluding ortho intramolecular Hbond substituents is 1. The van der Waals surface area contributed by atoms with Gasteiger partial charge in [0, 0.05) is 5.02 Å². The molecule has 8 nitrogen and oxygen atoms in total.